The number of nitro groups is 1. The molecule has 1 aliphatic rings. The number of hydrogen-bond acceptors (Lipinski definition) is 4. The first-order valence-electron chi connectivity index (χ1n) is 7.27. The monoisotopic (exact) mass is 291 g/mol. The van der Waals surface area contributed by atoms with E-state index in [9.17, 15) is 14.9 Å². The van der Waals surface area contributed by atoms with Crippen LogP contribution in [0.5, 0.6) is 0 Å². The molecule has 0 aromatic heterocycles. The highest BCUT2D eigenvalue weighted by atomic mass is 16.6. The standard InChI is InChI=1S/C15H21N3O3/c1-11-6-5-9-17(10-11)12(2)15(19)16-13-7-3-4-8-14(13)18(20)21/h3-4,7-8,11-12H,5-6,9-10H2,1-2H3,(H,16,19)/t11-,12-/m0/s1. The number of nitrogens with zero attached hydrogens (tertiary/aromatic N) is 2. The number of para-hydroxylation sites is 2. The minimum atomic E-state index is -0.483. The van der Waals surface area contributed by atoms with E-state index in [1.165, 1.54) is 12.5 Å². The lowest BCUT2D eigenvalue weighted by molar-refractivity contribution is -0.383. The number of amides is 1. The maximum absolute atomic E-state index is 12.3. The molecule has 1 amide bonds. The molecule has 0 radical (unpaired) electrons. The van der Waals surface area contributed by atoms with Crippen molar-refractivity contribution in [1.82, 2.24) is 4.90 Å². The van der Waals surface area contributed by atoms with Gasteiger partial charge in [0.25, 0.3) is 5.69 Å². The van der Waals surface area contributed by atoms with Crippen LogP contribution in [0.2, 0.25) is 0 Å². The van der Waals surface area contributed by atoms with Gasteiger partial charge in [-0.1, -0.05) is 19.1 Å². The van der Waals surface area contributed by atoms with Crippen LogP contribution in [0, 0.1) is 16.0 Å². The summed E-state index contributed by atoms with van der Waals surface area (Å²) in [7, 11) is 0. The first kappa shape index (κ1) is 15.4. The van der Waals surface area contributed by atoms with Gasteiger partial charge >= 0.3 is 0 Å². The Balaban J connectivity index is 2.05. The molecule has 1 aromatic rings. The average molecular weight is 291 g/mol. The summed E-state index contributed by atoms with van der Waals surface area (Å²) in [5.41, 5.74) is 0.175. The van der Waals surface area contributed by atoms with Gasteiger partial charge < -0.3 is 5.32 Å². The Morgan fingerprint density at radius 1 is 1.48 bits per heavy atom. The van der Waals surface area contributed by atoms with Gasteiger partial charge in [-0.2, -0.15) is 0 Å². The Morgan fingerprint density at radius 3 is 2.86 bits per heavy atom. The van der Waals surface area contributed by atoms with Crippen molar-refractivity contribution in [1.29, 1.82) is 0 Å². The van der Waals surface area contributed by atoms with Crippen LogP contribution in [0.3, 0.4) is 0 Å². The molecule has 1 saturated heterocycles. The Bertz CT molecular complexity index is 533. The summed E-state index contributed by atoms with van der Waals surface area (Å²) in [4.78, 5) is 24.9. The van der Waals surface area contributed by atoms with Gasteiger partial charge in [-0.3, -0.25) is 19.8 Å². The first-order chi connectivity index (χ1) is 9.99. The highest BCUT2D eigenvalue weighted by Gasteiger charge is 2.26. The van der Waals surface area contributed by atoms with Crippen molar-refractivity contribution in [2.45, 2.75) is 32.7 Å². The fraction of sp³-hybridized carbons (Fsp3) is 0.533. The molecule has 0 bridgehead atoms. The lowest BCUT2D eigenvalue weighted by atomic mass is 9.99. The molecular formula is C15H21N3O3. The van der Waals surface area contributed by atoms with E-state index in [0.29, 0.717) is 5.92 Å². The van der Waals surface area contributed by atoms with E-state index < -0.39 is 4.92 Å². The summed E-state index contributed by atoms with van der Waals surface area (Å²) in [5.74, 6) is 0.387. The van der Waals surface area contributed by atoms with Crippen molar-refractivity contribution in [3.63, 3.8) is 0 Å². The predicted octanol–water partition coefficient (Wildman–Crippen LogP) is 2.65. The molecule has 0 unspecified atom stereocenters. The van der Waals surface area contributed by atoms with Gasteiger partial charge in [-0.25, -0.2) is 0 Å². The summed E-state index contributed by atoms with van der Waals surface area (Å²) in [5, 5.41) is 13.6. The molecule has 1 N–H and O–H groups in total. The quantitative estimate of drug-likeness (QED) is 0.683. The third-order valence-electron chi connectivity index (χ3n) is 3.97. The van der Waals surface area contributed by atoms with Gasteiger partial charge in [0.1, 0.15) is 5.69 Å². The molecule has 0 spiro atoms. The van der Waals surface area contributed by atoms with Crippen LogP contribution in [-0.2, 0) is 4.79 Å². The Morgan fingerprint density at radius 2 is 2.19 bits per heavy atom. The second-order valence-electron chi connectivity index (χ2n) is 5.68. The number of nitrogens with one attached hydrogen (secondary N) is 1. The van der Waals surface area contributed by atoms with Crippen molar-refractivity contribution in [2.24, 2.45) is 5.92 Å². The number of likely N-dealkylation sites (tertiary alicyclic amines) is 1. The van der Waals surface area contributed by atoms with Gasteiger partial charge in [0.2, 0.25) is 5.91 Å². The molecule has 6 nitrogen and oxygen atoms in total. The maximum atomic E-state index is 12.3. The largest absolute Gasteiger partial charge is 0.319 e. The minimum absolute atomic E-state index is 0.0786. The van der Waals surface area contributed by atoms with Crippen molar-refractivity contribution in [2.75, 3.05) is 18.4 Å². The highest BCUT2D eigenvalue weighted by Crippen LogP contribution is 2.24. The zero-order valence-corrected chi connectivity index (χ0v) is 12.4. The second kappa shape index (κ2) is 6.67. The number of carbonyl (C=O) groups excluding carboxylic acids is 1. The first-order valence-corrected chi connectivity index (χ1v) is 7.27. The summed E-state index contributed by atoms with van der Waals surface area (Å²) in [6.07, 6.45) is 2.28. The summed E-state index contributed by atoms with van der Waals surface area (Å²) in [6.45, 7) is 5.82. The van der Waals surface area contributed by atoms with E-state index in [4.69, 9.17) is 0 Å². The van der Waals surface area contributed by atoms with E-state index in [1.54, 1.807) is 18.2 Å². The highest BCUT2D eigenvalue weighted by molar-refractivity contribution is 5.96. The number of rotatable bonds is 4. The molecule has 2 atom stereocenters. The van der Waals surface area contributed by atoms with Crippen LogP contribution in [0.1, 0.15) is 26.7 Å². The van der Waals surface area contributed by atoms with Crippen molar-refractivity contribution in [3.05, 3.63) is 34.4 Å². The smallest absolute Gasteiger partial charge is 0.292 e. The molecule has 1 aliphatic heterocycles. The zero-order chi connectivity index (χ0) is 15.4. The predicted molar refractivity (Wildman–Crippen MR) is 81.2 cm³/mol. The third-order valence-corrected chi connectivity index (χ3v) is 3.97. The van der Waals surface area contributed by atoms with Gasteiger partial charge in [0, 0.05) is 12.6 Å². The fourth-order valence-electron chi connectivity index (χ4n) is 2.72. The third kappa shape index (κ3) is 3.78. The fourth-order valence-corrected chi connectivity index (χ4v) is 2.72. The molecule has 0 aliphatic carbocycles. The van der Waals surface area contributed by atoms with Crippen LogP contribution in [0.4, 0.5) is 11.4 Å². The molecular weight excluding hydrogens is 270 g/mol. The van der Waals surface area contributed by atoms with E-state index in [2.05, 4.69) is 17.1 Å². The van der Waals surface area contributed by atoms with E-state index >= 15 is 0 Å². The normalized spacial score (nSPS) is 20.8. The molecule has 1 fully saturated rings. The van der Waals surface area contributed by atoms with Crippen molar-refractivity contribution >= 4 is 17.3 Å². The van der Waals surface area contributed by atoms with E-state index in [1.807, 2.05) is 6.92 Å². The summed E-state index contributed by atoms with van der Waals surface area (Å²) < 4.78 is 0. The Hall–Kier alpha value is -1.95. The molecule has 0 saturated carbocycles. The van der Waals surface area contributed by atoms with Crippen molar-refractivity contribution < 1.29 is 9.72 Å². The van der Waals surface area contributed by atoms with E-state index in [0.717, 1.165) is 19.5 Å². The van der Waals surface area contributed by atoms with Crippen LogP contribution in [0.25, 0.3) is 0 Å². The van der Waals surface area contributed by atoms with Crippen LogP contribution >= 0.6 is 0 Å². The number of nitro benzene ring substituents is 1. The molecule has 21 heavy (non-hydrogen) atoms. The summed E-state index contributed by atoms with van der Waals surface area (Å²) >= 11 is 0. The maximum Gasteiger partial charge on any atom is 0.292 e. The minimum Gasteiger partial charge on any atom is -0.319 e. The molecule has 2 rings (SSSR count). The SMILES string of the molecule is C[C@H]1CCCN([C@@H](C)C(=O)Nc2ccccc2[N+](=O)[O-])C1. The van der Waals surface area contributed by atoms with Crippen LogP contribution in [0.15, 0.2) is 24.3 Å². The topological polar surface area (TPSA) is 75.5 Å². The zero-order valence-electron chi connectivity index (χ0n) is 12.4. The molecule has 1 heterocycles. The Labute approximate surface area is 124 Å². The lowest BCUT2D eigenvalue weighted by Gasteiger charge is -2.34. The number of benzene rings is 1. The molecule has 6 heteroatoms. The lowest BCUT2D eigenvalue weighted by Crippen LogP contribution is -2.46. The van der Waals surface area contributed by atoms with Crippen molar-refractivity contribution in [3.8, 4) is 0 Å². The van der Waals surface area contributed by atoms with Crippen LogP contribution < -0.4 is 5.32 Å². The van der Waals surface area contributed by atoms with Gasteiger partial charge in [-0.05, 0) is 38.3 Å². The van der Waals surface area contributed by atoms with Gasteiger partial charge in [0.05, 0.1) is 11.0 Å². The number of hydrogen-bond donors (Lipinski definition) is 1. The number of carbonyl (C=O) groups is 1. The second-order valence-corrected chi connectivity index (χ2v) is 5.68. The molecule has 114 valence electrons. The Kier molecular flexibility index (Phi) is 4.90. The van der Waals surface area contributed by atoms with E-state index in [-0.39, 0.29) is 23.3 Å². The van der Waals surface area contributed by atoms with Gasteiger partial charge in [-0.15, -0.1) is 0 Å². The number of anilines is 1. The van der Waals surface area contributed by atoms with Gasteiger partial charge in [0.15, 0.2) is 0 Å². The average Bonchev–Trinajstić information content (AvgIpc) is 2.46. The van der Waals surface area contributed by atoms with Crippen LogP contribution in [-0.4, -0.2) is 34.9 Å². The number of piperidine rings is 1. The molecule has 1 aromatic carbocycles. The summed E-state index contributed by atoms with van der Waals surface area (Å²) in [6, 6.07) is 5.93.